The molecule has 1 aliphatic heterocycles. The molecule has 3 fully saturated rings. The maximum Gasteiger partial charge on any atom is 0.133 e. The Morgan fingerprint density at radius 1 is 0.915 bits per heavy atom. The van der Waals surface area contributed by atoms with Gasteiger partial charge in [0.2, 0.25) is 0 Å². The second-order valence-electron chi connectivity index (χ2n) is 14.3. The zero-order chi connectivity index (χ0) is 33.3. The Morgan fingerprint density at radius 3 is 2.28 bits per heavy atom. The molecule has 5 heteroatoms. The monoisotopic (exact) mass is 635 g/mol. The number of nitrogens with one attached hydrogen (secondary N) is 1. The lowest BCUT2D eigenvalue weighted by molar-refractivity contribution is 0.279. The average Bonchev–Trinajstić information content (AvgIpc) is 3.86. The normalized spacial score (nSPS) is 24.0. The van der Waals surface area contributed by atoms with Gasteiger partial charge in [-0.1, -0.05) is 46.1 Å². The number of anilines is 1. The highest BCUT2D eigenvalue weighted by atomic mass is 15.2. The van der Waals surface area contributed by atoms with Gasteiger partial charge >= 0.3 is 0 Å². The number of aromatic nitrogens is 2. The third-order valence-corrected chi connectivity index (χ3v) is 11.3. The van der Waals surface area contributed by atoms with Crippen molar-refractivity contribution in [3.05, 3.63) is 83.6 Å². The highest BCUT2D eigenvalue weighted by Crippen LogP contribution is 2.41. The van der Waals surface area contributed by atoms with E-state index in [1.165, 1.54) is 105 Å². The largest absolute Gasteiger partial charge is 0.392 e. The average molecular weight is 636 g/mol. The number of aliphatic imine (C=N–C) groups is 1. The Bertz CT molecular complexity index is 1420. The first kappa shape index (κ1) is 35.1. The highest BCUT2D eigenvalue weighted by molar-refractivity contribution is 5.98. The molecule has 1 N–H and O–H groups in total. The van der Waals surface area contributed by atoms with Crippen molar-refractivity contribution in [3.63, 3.8) is 0 Å². The Kier molecular flexibility index (Phi) is 12.5. The predicted octanol–water partition coefficient (Wildman–Crippen LogP) is 10.6. The first-order valence-corrected chi connectivity index (χ1v) is 18.9. The summed E-state index contributed by atoms with van der Waals surface area (Å²) in [5, 5.41) is 3.22. The summed E-state index contributed by atoms with van der Waals surface area (Å²) in [6, 6.07) is 9.03. The Labute approximate surface area is 286 Å². The van der Waals surface area contributed by atoms with Crippen molar-refractivity contribution in [2.24, 2.45) is 28.7 Å². The molecule has 3 aliphatic carbocycles. The maximum atomic E-state index is 5.06. The van der Waals surface area contributed by atoms with Crippen molar-refractivity contribution < 1.29 is 0 Å². The zero-order valence-electron chi connectivity index (χ0n) is 30.2. The van der Waals surface area contributed by atoms with Crippen molar-refractivity contribution in [1.82, 2.24) is 15.3 Å². The van der Waals surface area contributed by atoms with Crippen molar-refractivity contribution in [1.29, 1.82) is 0 Å². The minimum Gasteiger partial charge on any atom is -0.392 e. The summed E-state index contributed by atoms with van der Waals surface area (Å²) in [6.07, 6.45) is 21.2. The van der Waals surface area contributed by atoms with Crippen molar-refractivity contribution in [2.45, 2.75) is 124 Å². The smallest absolute Gasteiger partial charge is 0.133 e. The lowest BCUT2D eigenvalue weighted by Crippen LogP contribution is -2.35. The van der Waals surface area contributed by atoms with Crippen molar-refractivity contribution in [2.75, 3.05) is 18.5 Å². The standard InChI is InChI=1S/C40H55N5.C2H6/c1-6-32-19-20-37(43-28(32)3)34-15-11-31(12-16-34)26-45(29(4)33-13-9-30(10-14-33)8-7-27(2)41-5)40-25-36(23-24-42-40)39-22-21-38(44-39)35-17-18-35;1-2/h19-20,22-25,30-31,33-35,41H,2,4,6-18,21,26H2,1,3,5H3;1-2H3. The third kappa shape index (κ3) is 9.03. The molecule has 0 bridgehead atoms. The summed E-state index contributed by atoms with van der Waals surface area (Å²) in [6.45, 7) is 18.3. The van der Waals surface area contributed by atoms with Crippen LogP contribution in [-0.4, -0.2) is 29.3 Å². The van der Waals surface area contributed by atoms with Gasteiger partial charge in [0.15, 0.2) is 0 Å². The van der Waals surface area contributed by atoms with Gasteiger partial charge in [-0.15, -0.1) is 0 Å². The van der Waals surface area contributed by atoms with Gasteiger partial charge in [0.1, 0.15) is 5.82 Å². The molecule has 0 amide bonds. The molecular weight excluding hydrogens is 574 g/mol. The van der Waals surface area contributed by atoms with Crippen LogP contribution in [0, 0.1) is 30.6 Å². The van der Waals surface area contributed by atoms with E-state index in [-0.39, 0.29) is 0 Å². The summed E-state index contributed by atoms with van der Waals surface area (Å²) in [7, 11) is 1.98. The lowest BCUT2D eigenvalue weighted by atomic mass is 9.77. The minimum absolute atomic E-state index is 0.519. The fourth-order valence-corrected chi connectivity index (χ4v) is 8.00. The molecule has 0 radical (unpaired) electrons. The molecule has 5 nitrogen and oxygen atoms in total. The van der Waals surface area contributed by atoms with Crippen molar-refractivity contribution >= 4 is 17.2 Å². The van der Waals surface area contributed by atoms with Gasteiger partial charge in [0.05, 0.1) is 5.70 Å². The fraction of sp³-hybridized carbons (Fsp3) is 0.595. The molecule has 47 heavy (non-hydrogen) atoms. The van der Waals surface area contributed by atoms with E-state index in [9.17, 15) is 0 Å². The van der Waals surface area contributed by atoms with E-state index in [4.69, 9.17) is 21.5 Å². The summed E-state index contributed by atoms with van der Waals surface area (Å²) in [5.41, 5.74) is 10.0. The molecule has 0 unspecified atom stereocenters. The molecule has 2 aromatic rings. The lowest BCUT2D eigenvalue weighted by Gasteiger charge is -2.38. The Hall–Kier alpha value is -3.21. The van der Waals surface area contributed by atoms with E-state index in [0.29, 0.717) is 17.8 Å². The fourth-order valence-electron chi connectivity index (χ4n) is 8.00. The molecule has 4 aliphatic rings. The zero-order valence-corrected chi connectivity index (χ0v) is 30.2. The molecule has 3 saturated carbocycles. The molecule has 3 heterocycles. The topological polar surface area (TPSA) is 53.4 Å². The summed E-state index contributed by atoms with van der Waals surface area (Å²) in [5.74, 6) is 4.29. The molecule has 2 aromatic heterocycles. The number of allylic oxidation sites excluding steroid dienone is 3. The first-order chi connectivity index (χ1) is 22.9. The van der Waals surface area contributed by atoms with Gasteiger partial charge in [0.25, 0.3) is 0 Å². The third-order valence-electron chi connectivity index (χ3n) is 11.3. The van der Waals surface area contributed by atoms with Crippen LogP contribution in [0.25, 0.3) is 5.70 Å². The molecular formula is C42H61N5. The first-order valence-electron chi connectivity index (χ1n) is 18.9. The second-order valence-corrected chi connectivity index (χ2v) is 14.3. The van der Waals surface area contributed by atoms with E-state index in [1.807, 2.05) is 27.1 Å². The SMILES string of the molecule is C=C(CCC1CCC(C(=C)N(CC2CCC(c3ccc(CC)c(C)n3)CC2)c2cc(C3=CCC(C4CC4)=N3)ccn2)CC1)NC.CC. The van der Waals surface area contributed by atoms with Gasteiger partial charge in [-0.2, -0.15) is 0 Å². The van der Waals surface area contributed by atoms with Gasteiger partial charge < -0.3 is 10.2 Å². The van der Waals surface area contributed by atoms with Gasteiger partial charge in [-0.3, -0.25) is 9.98 Å². The Morgan fingerprint density at radius 2 is 1.62 bits per heavy atom. The number of aryl methyl sites for hydroxylation is 2. The number of nitrogens with zero attached hydrogens (tertiary/aromatic N) is 4. The van der Waals surface area contributed by atoms with Crippen LogP contribution in [0.1, 0.15) is 133 Å². The van der Waals surface area contributed by atoms with E-state index in [2.05, 4.69) is 61.0 Å². The van der Waals surface area contributed by atoms with Crippen LogP contribution < -0.4 is 10.2 Å². The molecule has 254 valence electrons. The molecule has 0 atom stereocenters. The predicted molar refractivity (Wildman–Crippen MR) is 201 cm³/mol. The number of rotatable bonds is 13. The van der Waals surface area contributed by atoms with Crippen LogP contribution in [0.3, 0.4) is 0 Å². The molecule has 6 rings (SSSR count). The summed E-state index contributed by atoms with van der Waals surface area (Å²) in [4.78, 5) is 17.6. The number of hydrogen-bond acceptors (Lipinski definition) is 5. The highest BCUT2D eigenvalue weighted by Gasteiger charge is 2.32. The molecule has 0 spiro atoms. The van der Waals surface area contributed by atoms with Crippen LogP contribution in [0.5, 0.6) is 0 Å². The van der Waals surface area contributed by atoms with Gasteiger partial charge in [0, 0.05) is 66.2 Å². The molecule has 0 saturated heterocycles. The van der Waals surface area contributed by atoms with Crippen LogP contribution in [0.4, 0.5) is 5.82 Å². The van der Waals surface area contributed by atoms with Crippen molar-refractivity contribution in [3.8, 4) is 0 Å². The Balaban J connectivity index is 0.00000213. The van der Waals surface area contributed by atoms with Crippen LogP contribution in [0.2, 0.25) is 0 Å². The van der Waals surface area contributed by atoms with E-state index >= 15 is 0 Å². The van der Waals surface area contributed by atoms with Crippen LogP contribution in [-0.2, 0) is 6.42 Å². The number of hydrogen-bond donors (Lipinski definition) is 1. The quantitative estimate of drug-likeness (QED) is 0.238. The summed E-state index contributed by atoms with van der Waals surface area (Å²) < 4.78 is 0. The van der Waals surface area contributed by atoms with Crippen LogP contribution >= 0.6 is 0 Å². The van der Waals surface area contributed by atoms with Gasteiger partial charge in [-0.05, 0) is 138 Å². The molecule has 0 aromatic carbocycles. The van der Waals surface area contributed by atoms with Gasteiger partial charge in [-0.25, -0.2) is 4.98 Å². The maximum absolute atomic E-state index is 5.06. The summed E-state index contributed by atoms with van der Waals surface area (Å²) >= 11 is 0. The van der Waals surface area contributed by atoms with E-state index in [1.54, 1.807) is 0 Å². The number of pyridine rings is 2. The van der Waals surface area contributed by atoms with E-state index < -0.39 is 0 Å². The van der Waals surface area contributed by atoms with Crippen LogP contribution in [0.15, 0.2) is 66.1 Å². The minimum atomic E-state index is 0.519. The van der Waals surface area contributed by atoms with E-state index in [0.717, 1.165) is 54.9 Å². The second kappa shape index (κ2) is 16.8.